The number of nitrogens with one attached hydrogen (secondary N) is 1. The molecule has 0 bridgehead atoms. The first-order valence-corrected chi connectivity index (χ1v) is 13.3. The van der Waals surface area contributed by atoms with Crippen molar-refractivity contribution in [3.8, 4) is 0 Å². The van der Waals surface area contributed by atoms with Crippen molar-refractivity contribution in [3.05, 3.63) is 0 Å². The predicted octanol–water partition coefficient (Wildman–Crippen LogP) is -0.615. The summed E-state index contributed by atoms with van der Waals surface area (Å²) < 4.78 is 0. The van der Waals surface area contributed by atoms with Crippen molar-refractivity contribution in [2.45, 2.75) is 103 Å². The summed E-state index contributed by atoms with van der Waals surface area (Å²) in [7, 11) is 3.53. The Morgan fingerprint density at radius 1 is 0.750 bits per heavy atom. The minimum Gasteiger partial charge on any atom is -0.479 e. The van der Waals surface area contributed by atoms with Gasteiger partial charge >= 0.3 is 5.97 Å². The molecule has 40 heavy (non-hydrogen) atoms. The average Bonchev–Trinajstić information content (AvgIpc) is 2.90. The molecule has 0 saturated carbocycles. The number of aliphatic hydroxyl groups is 3. The molecule has 0 radical (unpaired) electrons. The summed E-state index contributed by atoms with van der Waals surface area (Å²) >= 11 is 0. The van der Waals surface area contributed by atoms with E-state index in [2.05, 4.69) is 5.32 Å². The van der Waals surface area contributed by atoms with E-state index in [1.54, 1.807) is 13.8 Å². The van der Waals surface area contributed by atoms with Crippen LogP contribution >= 0.6 is 0 Å². The summed E-state index contributed by atoms with van der Waals surface area (Å²) in [5, 5.41) is 43.8. The van der Waals surface area contributed by atoms with Crippen LogP contribution in [0.25, 0.3) is 0 Å². The van der Waals surface area contributed by atoms with Crippen molar-refractivity contribution in [3.63, 3.8) is 0 Å². The van der Waals surface area contributed by atoms with Gasteiger partial charge in [-0.1, -0.05) is 40.5 Å². The molecule has 0 unspecified atom stereocenters. The van der Waals surface area contributed by atoms with Gasteiger partial charge in [0.05, 0.1) is 6.04 Å². The van der Waals surface area contributed by atoms with E-state index in [9.17, 15) is 44.4 Å². The van der Waals surface area contributed by atoms with Crippen LogP contribution in [0.3, 0.4) is 0 Å². The first kappa shape index (κ1) is 37.3. The molecule has 0 aliphatic rings. The number of carbonyl (C=O) groups is 6. The highest BCUT2D eigenvalue weighted by atomic mass is 16.4. The van der Waals surface area contributed by atoms with Gasteiger partial charge in [-0.15, -0.1) is 0 Å². The fraction of sp³-hybridized carbons (Fsp3) is 0.778. The van der Waals surface area contributed by atoms with Gasteiger partial charge in [-0.05, 0) is 46.6 Å². The Hall–Kier alpha value is -2.74. The molecule has 0 spiro atoms. The number of hydrogen-bond donors (Lipinski definition) is 5. The van der Waals surface area contributed by atoms with Gasteiger partial charge in [0.1, 0.15) is 12.2 Å². The lowest BCUT2D eigenvalue weighted by molar-refractivity contribution is -0.182. The highest BCUT2D eigenvalue weighted by molar-refractivity contribution is 6.30. The van der Waals surface area contributed by atoms with Crippen LogP contribution in [0.15, 0.2) is 0 Å². The summed E-state index contributed by atoms with van der Waals surface area (Å²) in [5.41, 5.74) is -8.66. The maximum Gasteiger partial charge on any atom is 0.343 e. The number of likely N-dealkylation sites (N-methyl/N-ethyl adjacent to an activating group) is 3. The van der Waals surface area contributed by atoms with Gasteiger partial charge in [0.2, 0.25) is 11.4 Å². The quantitative estimate of drug-likeness (QED) is 0.147. The number of amides is 2. The maximum atomic E-state index is 15.3. The molecular formula is C27H47N3O10. The monoisotopic (exact) mass is 573 g/mol. The Balaban J connectivity index is 8.54. The molecule has 0 aromatic carbocycles. The van der Waals surface area contributed by atoms with E-state index in [0.717, 1.165) is 32.8 Å². The van der Waals surface area contributed by atoms with Crippen LogP contribution in [0.5, 0.6) is 0 Å². The Bertz CT molecular complexity index is 995. The lowest BCUT2D eigenvalue weighted by Crippen LogP contribution is -2.80. The van der Waals surface area contributed by atoms with Crippen molar-refractivity contribution in [1.29, 1.82) is 0 Å². The highest BCUT2D eigenvalue weighted by Gasteiger charge is 2.69. The minimum atomic E-state index is -3.24. The number of carbonyl (C=O) groups excluding carboxylic acids is 5. The van der Waals surface area contributed by atoms with Crippen LogP contribution in [0.2, 0.25) is 0 Å². The van der Waals surface area contributed by atoms with E-state index < -0.39 is 81.9 Å². The van der Waals surface area contributed by atoms with Crippen molar-refractivity contribution in [1.82, 2.24) is 15.1 Å². The maximum absolute atomic E-state index is 15.3. The van der Waals surface area contributed by atoms with Gasteiger partial charge < -0.3 is 35.5 Å². The second kappa shape index (κ2) is 13.7. The van der Waals surface area contributed by atoms with Crippen molar-refractivity contribution < 1.29 is 49.2 Å². The van der Waals surface area contributed by atoms with E-state index >= 15 is 4.79 Å². The molecule has 2 amide bonds. The van der Waals surface area contributed by atoms with Crippen molar-refractivity contribution in [2.24, 2.45) is 11.8 Å². The highest BCUT2D eigenvalue weighted by Crippen LogP contribution is 2.42. The number of hydrogen-bond acceptors (Lipinski definition) is 10. The van der Waals surface area contributed by atoms with Crippen LogP contribution in [0.4, 0.5) is 0 Å². The molecule has 0 fully saturated rings. The second-order valence-electron chi connectivity index (χ2n) is 10.7. The number of carboxylic acids is 1. The standard InChI is InChI=1S/C27H47N3O10/c1-12-14(3)26(19(33)16(5)28-9,29(10)20(34)17(6)31)23(37)27(15(4)13-2,30(11)21(35)18(7)32)22(36)25(8,40)24(38)39/h14-18,28,31-32,40H,12-13H2,1-11H3,(H,38,39)/t14-,15-,16+,17-,18-,25+,26-,27+/m1/s1. The SMILES string of the molecule is CC[C@@H](C)[C@](C(=O)[C@](C)(O)C(=O)O)(C(=O)[C@](C(=O)[C@H](C)NC)([C@H](C)CC)N(C)C(=O)[C@@H](C)O)N(C)C(=O)[C@@H](C)O. The zero-order valence-electron chi connectivity index (χ0n) is 25.4. The number of ketones is 3. The van der Waals surface area contributed by atoms with E-state index in [0.29, 0.717) is 11.8 Å². The molecule has 0 aromatic heterocycles. The smallest absolute Gasteiger partial charge is 0.343 e. The summed E-state index contributed by atoms with van der Waals surface area (Å²) in [4.78, 5) is 83.8. The molecule has 8 atom stereocenters. The number of rotatable bonds is 16. The molecule has 0 saturated heterocycles. The summed E-state index contributed by atoms with van der Waals surface area (Å²) in [6, 6.07) is -1.11. The first-order valence-electron chi connectivity index (χ1n) is 13.3. The van der Waals surface area contributed by atoms with Gasteiger partial charge in [0.15, 0.2) is 22.6 Å². The third-order valence-corrected chi connectivity index (χ3v) is 8.18. The predicted molar refractivity (Wildman–Crippen MR) is 145 cm³/mol. The molecule has 13 nitrogen and oxygen atoms in total. The topological polar surface area (TPSA) is 202 Å². The van der Waals surface area contributed by atoms with E-state index in [1.807, 2.05) is 0 Å². The molecule has 5 N–H and O–H groups in total. The fourth-order valence-electron chi connectivity index (χ4n) is 5.13. The molecule has 0 aromatic rings. The zero-order chi connectivity index (χ0) is 32.1. The first-order chi connectivity index (χ1) is 18.1. The van der Waals surface area contributed by atoms with Crippen molar-refractivity contribution >= 4 is 35.1 Å². The minimum absolute atomic E-state index is 0.0367. The van der Waals surface area contributed by atoms with E-state index in [-0.39, 0.29) is 12.8 Å². The second-order valence-corrected chi connectivity index (χ2v) is 10.7. The number of carboxylic acid groups (broad SMARTS) is 1. The van der Waals surface area contributed by atoms with E-state index in [4.69, 9.17) is 0 Å². The van der Waals surface area contributed by atoms with Gasteiger partial charge in [0, 0.05) is 14.1 Å². The molecule has 0 aliphatic heterocycles. The van der Waals surface area contributed by atoms with E-state index in [1.165, 1.54) is 27.8 Å². The normalized spacial score (nSPS) is 19.9. The molecule has 230 valence electrons. The largest absolute Gasteiger partial charge is 0.479 e. The summed E-state index contributed by atoms with van der Waals surface area (Å²) in [6.45, 7) is 10.3. The molecule has 13 heteroatoms. The van der Waals surface area contributed by atoms with Gasteiger partial charge in [-0.25, -0.2) is 4.79 Å². The molecule has 0 heterocycles. The number of aliphatic carboxylic acids is 1. The Morgan fingerprint density at radius 2 is 1.10 bits per heavy atom. The van der Waals surface area contributed by atoms with Crippen LogP contribution in [-0.2, 0) is 28.8 Å². The van der Waals surface area contributed by atoms with Crippen LogP contribution in [-0.4, -0.2) is 121 Å². The Labute approximate surface area is 235 Å². The van der Waals surface area contributed by atoms with Gasteiger partial charge in [-0.2, -0.15) is 0 Å². The third-order valence-electron chi connectivity index (χ3n) is 8.18. The van der Waals surface area contributed by atoms with Crippen LogP contribution in [0.1, 0.15) is 68.2 Å². The van der Waals surface area contributed by atoms with Gasteiger partial charge in [0.25, 0.3) is 11.8 Å². The fourth-order valence-corrected chi connectivity index (χ4v) is 5.13. The summed E-state index contributed by atoms with van der Waals surface area (Å²) in [5.74, 6) is -10.4. The molecule has 0 aliphatic carbocycles. The lowest BCUT2D eigenvalue weighted by atomic mass is 9.60. The Morgan fingerprint density at radius 3 is 1.40 bits per heavy atom. The number of nitrogens with zero attached hydrogens (tertiary/aromatic N) is 2. The zero-order valence-corrected chi connectivity index (χ0v) is 25.4. The number of aliphatic hydroxyl groups excluding tert-OH is 2. The Kier molecular flexibility index (Phi) is 12.8. The number of Topliss-reactive ketones (excluding diaryl/α,β-unsaturated/α-hetero) is 3. The molecular weight excluding hydrogens is 526 g/mol. The van der Waals surface area contributed by atoms with Crippen LogP contribution in [0, 0.1) is 11.8 Å². The van der Waals surface area contributed by atoms with Crippen molar-refractivity contribution in [2.75, 3.05) is 21.1 Å². The summed E-state index contributed by atoms with van der Waals surface area (Å²) in [6.07, 6.45) is -3.41. The average molecular weight is 574 g/mol. The molecule has 0 rings (SSSR count). The lowest BCUT2D eigenvalue weighted by Gasteiger charge is -2.53. The van der Waals surface area contributed by atoms with Gasteiger partial charge in [-0.3, -0.25) is 24.0 Å². The van der Waals surface area contributed by atoms with Crippen LogP contribution < -0.4 is 5.32 Å². The third kappa shape index (κ3) is 5.97.